The zero-order chi connectivity index (χ0) is 7.61. The maximum Gasteiger partial charge on any atom is 0.0923 e. The van der Waals surface area contributed by atoms with Gasteiger partial charge in [-0.25, -0.2) is 0 Å². The molecule has 0 bridgehead atoms. The summed E-state index contributed by atoms with van der Waals surface area (Å²) >= 11 is 15.3. The van der Waals surface area contributed by atoms with E-state index >= 15 is 0 Å². The summed E-state index contributed by atoms with van der Waals surface area (Å²) in [7, 11) is 0. The van der Waals surface area contributed by atoms with Crippen molar-refractivity contribution in [1.29, 1.82) is 0 Å². The highest BCUT2D eigenvalue weighted by Crippen LogP contribution is 2.31. The second-order valence-electron chi connectivity index (χ2n) is 2.21. The highest BCUT2D eigenvalue weighted by molar-refractivity contribution is 9.09. The van der Waals surface area contributed by atoms with Crippen molar-refractivity contribution in [2.24, 2.45) is 0 Å². The van der Waals surface area contributed by atoms with Crippen LogP contribution in [0.5, 0.6) is 0 Å². The van der Waals surface area contributed by atoms with Gasteiger partial charge in [-0.15, -0.1) is 23.2 Å². The van der Waals surface area contributed by atoms with Crippen LogP contribution in [-0.2, 0) is 0 Å². The lowest BCUT2D eigenvalue weighted by atomic mass is 10.0. The molecule has 0 aromatic heterocycles. The monoisotopic (exact) mass is 240 g/mol. The number of halogens is 3. The summed E-state index contributed by atoms with van der Waals surface area (Å²) in [4.78, 5) is -0.434. The fraction of sp³-hybridized carbons (Fsp3) is 0.429. The molecule has 0 saturated carbocycles. The van der Waals surface area contributed by atoms with E-state index in [-0.39, 0.29) is 5.38 Å². The smallest absolute Gasteiger partial charge is 0.0923 e. The molecule has 0 saturated heterocycles. The molecule has 0 nitrogen and oxygen atoms in total. The van der Waals surface area contributed by atoms with E-state index < -0.39 is 4.87 Å². The third-order valence-electron chi connectivity index (χ3n) is 1.43. The van der Waals surface area contributed by atoms with Gasteiger partial charge in [0.15, 0.2) is 0 Å². The van der Waals surface area contributed by atoms with Crippen LogP contribution in [0, 0.1) is 0 Å². The summed E-state index contributed by atoms with van der Waals surface area (Å²) in [6, 6.07) is 0. The molecule has 2 atom stereocenters. The Bertz CT molecular complexity index is 176. The fourth-order valence-corrected chi connectivity index (χ4v) is 1.85. The van der Waals surface area contributed by atoms with Gasteiger partial charge >= 0.3 is 0 Å². The standard InChI is InChI=1S/C7H7BrCl2/c8-5-7(10)4-2-1-3-6(7)9/h1-4,6H,5H2. The number of allylic oxidation sites excluding steroid dienone is 4. The highest BCUT2D eigenvalue weighted by atomic mass is 79.9. The molecule has 0 heterocycles. The number of hydrogen-bond acceptors (Lipinski definition) is 0. The van der Waals surface area contributed by atoms with Crippen LogP contribution in [0.25, 0.3) is 0 Å². The molecule has 56 valence electrons. The molecule has 1 rings (SSSR count). The molecule has 0 aromatic rings. The maximum atomic E-state index is 6.09. The van der Waals surface area contributed by atoms with E-state index in [1.165, 1.54) is 0 Å². The summed E-state index contributed by atoms with van der Waals surface area (Å²) in [6.07, 6.45) is 7.60. The molecule has 0 amide bonds. The number of rotatable bonds is 1. The van der Waals surface area contributed by atoms with Crippen LogP contribution in [0.3, 0.4) is 0 Å². The first kappa shape index (κ1) is 8.63. The summed E-state index contributed by atoms with van der Waals surface area (Å²) in [5.41, 5.74) is 0. The van der Waals surface area contributed by atoms with Gasteiger partial charge in [-0.2, -0.15) is 0 Å². The topological polar surface area (TPSA) is 0 Å². The Morgan fingerprint density at radius 2 is 2.20 bits per heavy atom. The Balaban J connectivity index is 2.77. The van der Waals surface area contributed by atoms with Gasteiger partial charge in [0.2, 0.25) is 0 Å². The Labute approximate surface area is 79.0 Å². The molecule has 1 aliphatic rings. The van der Waals surface area contributed by atoms with Crippen LogP contribution in [0.4, 0.5) is 0 Å². The predicted molar refractivity (Wildman–Crippen MR) is 50.3 cm³/mol. The minimum Gasteiger partial charge on any atom is -0.116 e. The lowest BCUT2D eigenvalue weighted by Crippen LogP contribution is -2.32. The van der Waals surface area contributed by atoms with Crippen LogP contribution in [0.1, 0.15) is 0 Å². The van der Waals surface area contributed by atoms with Crippen molar-refractivity contribution >= 4 is 39.1 Å². The largest absolute Gasteiger partial charge is 0.116 e. The minimum atomic E-state index is -0.434. The molecule has 0 radical (unpaired) electrons. The van der Waals surface area contributed by atoms with Gasteiger partial charge < -0.3 is 0 Å². The maximum absolute atomic E-state index is 6.09. The number of hydrogen-bond donors (Lipinski definition) is 0. The quantitative estimate of drug-likeness (QED) is 0.619. The zero-order valence-electron chi connectivity index (χ0n) is 5.23. The average Bonchev–Trinajstić information content (AvgIpc) is 1.96. The third kappa shape index (κ3) is 1.58. The van der Waals surface area contributed by atoms with Crippen molar-refractivity contribution < 1.29 is 0 Å². The van der Waals surface area contributed by atoms with E-state index in [1.54, 1.807) is 0 Å². The van der Waals surface area contributed by atoms with Crippen LogP contribution < -0.4 is 0 Å². The molecule has 0 fully saturated rings. The van der Waals surface area contributed by atoms with E-state index in [0.717, 1.165) is 0 Å². The van der Waals surface area contributed by atoms with Gasteiger partial charge in [0.25, 0.3) is 0 Å². The van der Waals surface area contributed by atoms with Gasteiger partial charge in [-0.3, -0.25) is 0 Å². The van der Waals surface area contributed by atoms with Gasteiger partial charge in [0.05, 0.1) is 10.3 Å². The van der Waals surface area contributed by atoms with E-state index in [9.17, 15) is 0 Å². The Morgan fingerprint density at radius 1 is 1.50 bits per heavy atom. The van der Waals surface area contributed by atoms with Crippen molar-refractivity contribution in [2.45, 2.75) is 10.3 Å². The molecule has 0 N–H and O–H groups in total. The molecule has 10 heavy (non-hydrogen) atoms. The van der Waals surface area contributed by atoms with Crippen molar-refractivity contribution in [1.82, 2.24) is 0 Å². The lowest BCUT2D eigenvalue weighted by molar-refractivity contribution is 0.809. The first-order valence-electron chi connectivity index (χ1n) is 2.94. The molecule has 3 heteroatoms. The Hall–Kier alpha value is 0.540. The molecule has 0 aliphatic heterocycles. The second kappa shape index (κ2) is 3.29. The van der Waals surface area contributed by atoms with Crippen LogP contribution in [-0.4, -0.2) is 15.6 Å². The molecule has 1 aliphatic carbocycles. The minimum absolute atomic E-state index is 0.112. The normalized spacial score (nSPS) is 38.5. The van der Waals surface area contributed by atoms with Crippen molar-refractivity contribution in [2.75, 3.05) is 5.33 Å². The lowest BCUT2D eigenvalue weighted by Gasteiger charge is -2.25. The van der Waals surface area contributed by atoms with Gasteiger partial charge in [0, 0.05) is 5.33 Å². The van der Waals surface area contributed by atoms with Crippen molar-refractivity contribution in [3.05, 3.63) is 24.3 Å². The second-order valence-corrected chi connectivity index (χ2v) is 3.94. The molecule has 2 unspecified atom stereocenters. The van der Waals surface area contributed by atoms with Gasteiger partial charge in [0.1, 0.15) is 0 Å². The summed E-state index contributed by atoms with van der Waals surface area (Å²) in [5.74, 6) is 0. The summed E-state index contributed by atoms with van der Waals surface area (Å²) < 4.78 is 0. The van der Waals surface area contributed by atoms with Crippen LogP contribution in [0.15, 0.2) is 24.3 Å². The van der Waals surface area contributed by atoms with Gasteiger partial charge in [-0.1, -0.05) is 40.2 Å². The van der Waals surface area contributed by atoms with Crippen LogP contribution in [0.2, 0.25) is 0 Å². The van der Waals surface area contributed by atoms with Crippen LogP contribution >= 0.6 is 39.1 Å². The molecule has 0 spiro atoms. The summed E-state index contributed by atoms with van der Waals surface area (Å²) in [5, 5.41) is 0.565. The van der Waals surface area contributed by atoms with Crippen molar-refractivity contribution in [3.8, 4) is 0 Å². The SMILES string of the molecule is ClC1C=CC=CC1(Cl)CBr. The molecular weight excluding hydrogens is 235 g/mol. The summed E-state index contributed by atoms with van der Waals surface area (Å²) in [6.45, 7) is 0. The van der Waals surface area contributed by atoms with Crippen molar-refractivity contribution in [3.63, 3.8) is 0 Å². The highest BCUT2D eigenvalue weighted by Gasteiger charge is 2.31. The first-order valence-corrected chi connectivity index (χ1v) is 4.87. The Kier molecular flexibility index (Phi) is 2.84. The van der Waals surface area contributed by atoms with E-state index in [2.05, 4.69) is 15.9 Å². The average molecular weight is 242 g/mol. The van der Waals surface area contributed by atoms with E-state index in [4.69, 9.17) is 23.2 Å². The zero-order valence-corrected chi connectivity index (χ0v) is 8.33. The van der Waals surface area contributed by atoms with E-state index in [1.807, 2.05) is 24.3 Å². The third-order valence-corrected chi connectivity index (χ3v) is 3.82. The van der Waals surface area contributed by atoms with Gasteiger partial charge in [-0.05, 0) is 0 Å². The van der Waals surface area contributed by atoms with E-state index in [0.29, 0.717) is 5.33 Å². The number of alkyl halides is 3. The first-order chi connectivity index (χ1) is 4.69. The fourth-order valence-electron chi connectivity index (χ4n) is 0.747. The molecular formula is C7H7BrCl2. The molecule has 0 aromatic carbocycles. The predicted octanol–water partition coefficient (Wildman–Crippen LogP) is 3.09. The Morgan fingerprint density at radius 3 is 2.60 bits per heavy atom.